The summed E-state index contributed by atoms with van der Waals surface area (Å²) in [5.74, 6) is 0.893. The Hall–Kier alpha value is -2.88. The monoisotopic (exact) mass is 318 g/mol. The van der Waals surface area contributed by atoms with E-state index < -0.39 is 0 Å². The Morgan fingerprint density at radius 3 is 2.79 bits per heavy atom. The van der Waals surface area contributed by atoms with Crippen LogP contribution in [0.15, 0.2) is 65.8 Å². The molecule has 3 aromatic rings. The maximum atomic E-state index is 6.05. The summed E-state index contributed by atoms with van der Waals surface area (Å²) in [5, 5.41) is 4.28. The van der Waals surface area contributed by atoms with Gasteiger partial charge in [0.2, 0.25) is 0 Å². The van der Waals surface area contributed by atoms with Crippen molar-refractivity contribution in [3.05, 3.63) is 71.9 Å². The SMILES string of the molecule is CC(C)c1cccc(NC(N)=NCc2ccnc3ccccc23)c1. The zero-order valence-corrected chi connectivity index (χ0v) is 14.0. The van der Waals surface area contributed by atoms with Crippen LogP contribution in [0.2, 0.25) is 0 Å². The highest BCUT2D eigenvalue weighted by Gasteiger charge is 2.03. The lowest BCUT2D eigenvalue weighted by Crippen LogP contribution is -2.22. The maximum absolute atomic E-state index is 6.05. The number of guanidine groups is 1. The van der Waals surface area contributed by atoms with E-state index in [1.165, 1.54) is 5.56 Å². The van der Waals surface area contributed by atoms with Crippen molar-refractivity contribution >= 4 is 22.5 Å². The van der Waals surface area contributed by atoms with Crippen molar-refractivity contribution in [2.24, 2.45) is 10.7 Å². The molecule has 3 N–H and O–H groups in total. The van der Waals surface area contributed by atoms with Gasteiger partial charge in [-0.25, -0.2) is 4.99 Å². The molecular formula is C20H22N4. The molecule has 1 aromatic heterocycles. The lowest BCUT2D eigenvalue weighted by Gasteiger charge is -2.10. The Kier molecular flexibility index (Phi) is 4.75. The number of nitrogens with two attached hydrogens (primary N) is 1. The smallest absolute Gasteiger partial charge is 0.193 e. The van der Waals surface area contributed by atoms with Crippen LogP contribution in [0.3, 0.4) is 0 Å². The standard InChI is InChI=1S/C20H22N4/c1-14(2)15-6-5-7-17(12-15)24-20(21)23-13-16-10-11-22-19-9-4-3-8-18(16)19/h3-12,14H,13H2,1-2H3,(H3,21,23,24). The maximum Gasteiger partial charge on any atom is 0.193 e. The molecule has 0 saturated heterocycles. The highest BCUT2D eigenvalue weighted by atomic mass is 15.1. The normalized spacial score (nSPS) is 11.9. The number of aromatic nitrogens is 1. The van der Waals surface area contributed by atoms with Crippen molar-refractivity contribution in [2.75, 3.05) is 5.32 Å². The third-order valence-corrected chi connectivity index (χ3v) is 3.98. The molecule has 2 aromatic carbocycles. The van der Waals surface area contributed by atoms with Crippen LogP contribution in [0.1, 0.15) is 30.9 Å². The first kappa shape index (κ1) is 16.0. The van der Waals surface area contributed by atoms with Crippen LogP contribution in [0.4, 0.5) is 5.69 Å². The molecule has 0 aliphatic carbocycles. The minimum atomic E-state index is 0.414. The summed E-state index contributed by atoms with van der Waals surface area (Å²) < 4.78 is 0. The van der Waals surface area contributed by atoms with Crippen LogP contribution in [0.5, 0.6) is 0 Å². The number of hydrogen-bond acceptors (Lipinski definition) is 2. The van der Waals surface area contributed by atoms with Gasteiger partial charge in [0.05, 0.1) is 12.1 Å². The highest BCUT2D eigenvalue weighted by Crippen LogP contribution is 2.19. The Morgan fingerprint density at radius 1 is 1.12 bits per heavy atom. The molecular weight excluding hydrogens is 296 g/mol. The molecule has 0 radical (unpaired) electrons. The Morgan fingerprint density at radius 2 is 1.96 bits per heavy atom. The number of fused-ring (bicyclic) bond motifs is 1. The topological polar surface area (TPSA) is 63.3 Å². The highest BCUT2D eigenvalue weighted by molar-refractivity contribution is 5.92. The van der Waals surface area contributed by atoms with Crippen LogP contribution in [-0.4, -0.2) is 10.9 Å². The van der Waals surface area contributed by atoms with Crippen molar-refractivity contribution in [2.45, 2.75) is 26.3 Å². The van der Waals surface area contributed by atoms with Crippen molar-refractivity contribution in [1.29, 1.82) is 0 Å². The Labute approximate surface area is 142 Å². The van der Waals surface area contributed by atoms with E-state index in [2.05, 4.69) is 47.3 Å². The molecule has 0 atom stereocenters. The molecule has 0 amide bonds. The van der Waals surface area contributed by atoms with Gasteiger partial charge in [-0.2, -0.15) is 0 Å². The van der Waals surface area contributed by atoms with Crippen molar-refractivity contribution in [1.82, 2.24) is 4.98 Å². The molecule has 4 nitrogen and oxygen atoms in total. The van der Waals surface area contributed by atoms with E-state index >= 15 is 0 Å². The second kappa shape index (κ2) is 7.13. The minimum Gasteiger partial charge on any atom is -0.370 e. The van der Waals surface area contributed by atoms with Gasteiger partial charge in [0.1, 0.15) is 0 Å². The first-order chi connectivity index (χ1) is 11.6. The summed E-state index contributed by atoms with van der Waals surface area (Å²) in [6.45, 7) is 4.86. The molecule has 3 rings (SSSR count). The van der Waals surface area contributed by atoms with Gasteiger partial charge >= 0.3 is 0 Å². The zero-order valence-electron chi connectivity index (χ0n) is 14.0. The summed E-state index contributed by atoms with van der Waals surface area (Å²) in [6, 6.07) is 18.3. The number of nitrogens with one attached hydrogen (secondary N) is 1. The number of hydrogen-bond donors (Lipinski definition) is 2. The van der Waals surface area contributed by atoms with Gasteiger partial charge in [-0.1, -0.05) is 44.2 Å². The second-order valence-electron chi connectivity index (χ2n) is 6.09. The summed E-state index contributed by atoms with van der Waals surface area (Å²) in [7, 11) is 0. The zero-order chi connectivity index (χ0) is 16.9. The molecule has 0 fully saturated rings. The van der Waals surface area contributed by atoms with E-state index in [0.29, 0.717) is 18.4 Å². The number of benzene rings is 2. The number of nitrogens with zero attached hydrogens (tertiary/aromatic N) is 2. The van der Waals surface area contributed by atoms with E-state index in [9.17, 15) is 0 Å². The fourth-order valence-electron chi connectivity index (χ4n) is 2.63. The lowest BCUT2D eigenvalue weighted by atomic mass is 10.0. The van der Waals surface area contributed by atoms with Gasteiger partial charge in [0.25, 0.3) is 0 Å². The summed E-state index contributed by atoms with van der Waals surface area (Å²) >= 11 is 0. The van der Waals surface area contributed by atoms with Crippen LogP contribution >= 0.6 is 0 Å². The third-order valence-electron chi connectivity index (χ3n) is 3.98. The first-order valence-corrected chi connectivity index (χ1v) is 8.13. The molecule has 1 heterocycles. The number of anilines is 1. The van der Waals surface area contributed by atoms with Gasteiger partial charge in [-0.15, -0.1) is 0 Å². The number of para-hydroxylation sites is 1. The van der Waals surface area contributed by atoms with Crippen LogP contribution in [0, 0.1) is 0 Å². The van der Waals surface area contributed by atoms with Crippen molar-refractivity contribution in [3.8, 4) is 0 Å². The molecule has 24 heavy (non-hydrogen) atoms. The van der Waals surface area contributed by atoms with E-state index in [1.807, 2.05) is 42.6 Å². The average molecular weight is 318 g/mol. The number of aliphatic imine (C=N–C) groups is 1. The molecule has 0 saturated carbocycles. The Bertz CT molecular complexity index is 863. The lowest BCUT2D eigenvalue weighted by molar-refractivity contribution is 0.867. The molecule has 0 spiro atoms. The molecule has 0 unspecified atom stereocenters. The molecule has 0 aliphatic rings. The van der Waals surface area contributed by atoms with E-state index in [-0.39, 0.29) is 0 Å². The predicted octanol–water partition coefficient (Wildman–Crippen LogP) is 4.29. The number of pyridine rings is 1. The predicted molar refractivity (Wildman–Crippen MR) is 101 cm³/mol. The number of rotatable bonds is 4. The van der Waals surface area contributed by atoms with E-state index in [0.717, 1.165) is 22.2 Å². The fraction of sp³-hybridized carbons (Fsp3) is 0.200. The molecule has 0 aliphatic heterocycles. The fourth-order valence-corrected chi connectivity index (χ4v) is 2.63. The summed E-state index contributed by atoms with van der Waals surface area (Å²) in [4.78, 5) is 8.84. The Balaban J connectivity index is 1.75. The van der Waals surface area contributed by atoms with Crippen LogP contribution < -0.4 is 11.1 Å². The summed E-state index contributed by atoms with van der Waals surface area (Å²) in [6.07, 6.45) is 1.81. The average Bonchev–Trinajstić information content (AvgIpc) is 2.60. The second-order valence-corrected chi connectivity index (χ2v) is 6.09. The van der Waals surface area contributed by atoms with E-state index in [4.69, 9.17) is 5.73 Å². The van der Waals surface area contributed by atoms with Gasteiger partial charge < -0.3 is 11.1 Å². The van der Waals surface area contributed by atoms with Gasteiger partial charge in [0, 0.05) is 17.3 Å². The van der Waals surface area contributed by atoms with Crippen LogP contribution in [-0.2, 0) is 6.54 Å². The van der Waals surface area contributed by atoms with Gasteiger partial charge in [-0.3, -0.25) is 4.98 Å². The van der Waals surface area contributed by atoms with Gasteiger partial charge in [0.15, 0.2) is 5.96 Å². The van der Waals surface area contributed by atoms with Gasteiger partial charge in [-0.05, 0) is 41.3 Å². The largest absolute Gasteiger partial charge is 0.370 e. The summed E-state index contributed by atoms with van der Waals surface area (Å²) in [5.41, 5.74) is 10.4. The molecule has 0 bridgehead atoms. The van der Waals surface area contributed by atoms with E-state index in [1.54, 1.807) is 0 Å². The first-order valence-electron chi connectivity index (χ1n) is 8.13. The minimum absolute atomic E-state index is 0.414. The molecule has 4 heteroatoms. The van der Waals surface area contributed by atoms with Crippen molar-refractivity contribution < 1.29 is 0 Å². The molecule has 122 valence electrons. The van der Waals surface area contributed by atoms with Crippen molar-refractivity contribution in [3.63, 3.8) is 0 Å². The third kappa shape index (κ3) is 3.71. The quantitative estimate of drug-likeness (QED) is 0.557. The van der Waals surface area contributed by atoms with Crippen LogP contribution in [0.25, 0.3) is 10.9 Å².